The van der Waals surface area contributed by atoms with Gasteiger partial charge in [0.1, 0.15) is 0 Å². The van der Waals surface area contributed by atoms with E-state index in [1.54, 1.807) is 28.8 Å². The minimum Gasteiger partial charge on any atom is -0.504 e. The van der Waals surface area contributed by atoms with Gasteiger partial charge in [-0.1, -0.05) is 30.3 Å². The highest BCUT2D eigenvalue weighted by Crippen LogP contribution is 2.26. The molecule has 0 spiro atoms. The van der Waals surface area contributed by atoms with Crippen molar-refractivity contribution in [2.45, 2.75) is 26.2 Å². The molecule has 0 saturated carbocycles. The second-order valence-electron chi connectivity index (χ2n) is 5.65. The van der Waals surface area contributed by atoms with Crippen LogP contribution in [0.3, 0.4) is 0 Å². The van der Waals surface area contributed by atoms with Crippen LogP contribution in [0.1, 0.15) is 33.7 Å². The Bertz CT molecular complexity index is 937. The van der Waals surface area contributed by atoms with Crippen LogP contribution in [-0.2, 0) is 12.8 Å². The van der Waals surface area contributed by atoms with Gasteiger partial charge >= 0.3 is 0 Å². The van der Waals surface area contributed by atoms with E-state index in [9.17, 15) is 9.90 Å². The van der Waals surface area contributed by atoms with Crippen LogP contribution >= 0.6 is 0 Å². The first-order valence-corrected chi connectivity index (χ1v) is 7.75. The van der Waals surface area contributed by atoms with Gasteiger partial charge in [-0.15, -0.1) is 0 Å². The number of imidazole rings is 1. The fraction of sp³-hybridized carbons (Fsp3) is 0.211. The number of hydrogen-bond acceptors (Lipinski definition) is 4. The number of carbonyl (C=O) groups is 1. The van der Waals surface area contributed by atoms with E-state index in [2.05, 4.69) is 11.1 Å². The van der Waals surface area contributed by atoms with Gasteiger partial charge in [0.15, 0.2) is 17.2 Å². The predicted molar refractivity (Wildman–Crippen MR) is 90.0 cm³/mol. The van der Waals surface area contributed by atoms with Crippen molar-refractivity contribution >= 4 is 11.4 Å². The number of aryl methyl sites for hydroxylation is 2. The van der Waals surface area contributed by atoms with Crippen molar-refractivity contribution < 1.29 is 9.90 Å². The van der Waals surface area contributed by atoms with Crippen molar-refractivity contribution in [1.29, 1.82) is 5.26 Å². The van der Waals surface area contributed by atoms with Crippen molar-refractivity contribution in [3.8, 4) is 11.8 Å². The quantitative estimate of drug-likeness (QED) is 0.732. The number of Topliss-reactive ketones (excluding diaryl/α,β-unsaturated/α-hetero) is 1. The molecule has 1 aromatic carbocycles. The maximum Gasteiger partial charge on any atom is 0.180 e. The number of fused-ring (bicyclic) bond motifs is 1. The summed E-state index contributed by atoms with van der Waals surface area (Å²) in [4.78, 5) is 16.6. The molecule has 0 aliphatic rings. The van der Waals surface area contributed by atoms with E-state index >= 15 is 0 Å². The second-order valence-corrected chi connectivity index (χ2v) is 5.65. The third-order valence-electron chi connectivity index (χ3n) is 4.11. The Hall–Kier alpha value is -3.13. The van der Waals surface area contributed by atoms with Crippen molar-refractivity contribution in [3.05, 3.63) is 65.1 Å². The van der Waals surface area contributed by atoms with Gasteiger partial charge in [0.25, 0.3) is 0 Å². The Morgan fingerprint density at radius 2 is 2.04 bits per heavy atom. The van der Waals surface area contributed by atoms with Crippen molar-refractivity contribution in [1.82, 2.24) is 9.38 Å². The average molecular weight is 319 g/mol. The van der Waals surface area contributed by atoms with Crippen LogP contribution < -0.4 is 0 Å². The SMILES string of the molecule is Cc1nc2c(O)c(CCC(=O)c3ccccc3)ccn2c1CC#N. The predicted octanol–water partition coefficient (Wildman–Crippen LogP) is 3.23. The highest BCUT2D eigenvalue weighted by atomic mass is 16.3. The second kappa shape index (κ2) is 6.55. The topological polar surface area (TPSA) is 78.4 Å². The van der Waals surface area contributed by atoms with E-state index < -0.39 is 0 Å². The number of aromatic nitrogens is 2. The molecular weight excluding hydrogens is 302 g/mol. The molecule has 5 nitrogen and oxygen atoms in total. The lowest BCUT2D eigenvalue weighted by Gasteiger charge is -2.07. The Morgan fingerprint density at radius 3 is 2.75 bits per heavy atom. The van der Waals surface area contributed by atoms with E-state index in [-0.39, 0.29) is 18.0 Å². The van der Waals surface area contributed by atoms with Gasteiger partial charge in [0.05, 0.1) is 23.9 Å². The number of nitriles is 1. The summed E-state index contributed by atoms with van der Waals surface area (Å²) in [5, 5.41) is 19.4. The molecule has 24 heavy (non-hydrogen) atoms. The summed E-state index contributed by atoms with van der Waals surface area (Å²) in [5.41, 5.74) is 3.29. The number of benzene rings is 1. The van der Waals surface area contributed by atoms with Crippen molar-refractivity contribution in [3.63, 3.8) is 0 Å². The van der Waals surface area contributed by atoms with Crippen LogP contribution in [0.25, 0.3) is 5.65 Å². The van der Waals surface area contributed by atoms with Gasteiger partial charge in [0, 0.05) is 18.2 Å². The maximum absolute atomic E-state index is 12.2. The minimum absolute atomic E-state index is 0.0413. The lowest BCUT2D eigenvalue weighted by atomic mass is 10.0. The first kappa shape index (κ1) is 15.8. The Kier molecular flexibility index (Phi) is 4.30. The Balaban J connectivity index is 1.85. The Morgan fingerprint density at radius 1 is 1.29 bits per heavy atom. The number of nitrogens with zero attached hydrogens (tertiary/aromatic N) is 3. The summed E-state index contributed by atoms with van der Waals surface area (Å²) in [6, 6.07) is 13.0. The third-order valence-corrected chi connectivity index (χ3v) is 4.11. The fourth-order valence-electron chi connectivity index (χ4n) is 2.80. The van der Waals surface area contributed by atoms with E-state index in [4.69, 9.17) is 5.26 Å². The smallest absolute Gasteiger partial charge is 0.180 e. The lowest BCUT2D eigenvalue weighted by molar-refractivity contribution is 0.0982. The molecule has 2 heterocycles. The molecular formula is C19H17N3O2. The first-order chi connectivity index (χ1) is 11.6. The molecule has 5 heteroatoms. The molecule has 120 valence electrons. The lowest BCUT2D eigenvalue weighted by Crippen LogP contribution is -2.02. The molecule has 0 atom stereocenters. The summed E-state index contributed by atoms with van der Waals surface area (Å²) in [5.74, 6) is 0.116. The number of aromatic hydroxyl groups is 1. The molecule has 0 unspecified atom stereocenters. The molecule has 0 radical (unpaired) electrons. The van der Waals surface area contributed by atoms with Crippen LogP contribution in [0.15, 0.2) is 42.6 Å². The van der Waals surface area contributed by atoms with Gasteiger partial charge in [-0.25, -0.2) is 4.98 Å². The van der Waals surface area contributed by atoms with E-state index in [1.165, 1.54) is 0 Å². The standard InChI is InChI=1S/C19H17N3O2/c1-13-16(9-11-20)22-12-10-15(18(24)19(22)21-13)7-8-17(23)14-5-3-2-4-6-14/h2-6,10,12,24H,7-9H2,1H3. The van der Waals surface area contributed by atoms with Crippen LogP contribution in [0.5, 0.6) is 5.75 Å². The molecule has 0 aliphatic heterocycles. The van der Waals surface area contributed by atoms with Gasteiger partial charge in [-0.05, 0) is 25.0 Å². The summed E-state index contributed by atoms with van der Waals surface area (Å²) in [6.45, 7) is 1.82. The molecule has 2 aromatic heterocycles. The highest BCUT2D eigenvalue weighted by Gasteiger charge is 2.15. The number of rotatable bonds is 5. The molecule has 0 bridgehead atoms. The average Bonchev–Trinajstić information content (AvgIpc) is 2.92. The molecule has 0 fully saturated rings. The summed E-state index contributed by atoms with van der Waals surface area (Å²) in [6.07, 6.45) is 2.79. The van der Waals surface area contributed by atoms with Gasteiger partial charge < -0.3 is 5.11 Å². The van der Waals surface area contributed by atoms with Crippen molar-refractivity contribution in [2.75, 3.05) is 0 Å². The highest BCUT2D eigenvalue weighted by molar-refractivity contribution is 5.96. The first-order valence-electron chi connectivity index (χ1n) is 7.75. The monoisotopic (exact) mass is 319 g/mol. The zero-order valence-electron chi connectivity index (χ0n) is 13.4. The largest absolute Gasteiger partial charge is 0.504 e. The number of hydrogen-bond donors (Lipinski definition) is 1. The van der Waals surface area contributed by atoms with Crippen molar-refractivity contribution in [2.24, 2.45) is 0 Å². The fourth-order valence-corrected chi connectivity index (χ4v) is 2.80. The van der Waals surface area contributed by atoms with Gasteiger partial charge in [-0.3, -0.25) is 9.20 Å². The van der Waals surface area contributed by atoms with E-state index in [1.807, 2.05) is 25.1 Å². The molecule has 0 aliphatic carbocycles. The summed E-state index contributed by atoms with van der Waals surface area (Å²) in [7, 11) is 0. The zero-order chi connectivity index (χ0) is 17.1. The summed E-state index contributed by atoms with van der Waals surface area (Å²) >= 11 is 0. The van der Waals surface area contributed by atoms with Crippen LogP contribution in [0, 0.1) is 18.3 Å². The number of pyridine rings is 1. The van der Waals surface area contributed by atoms with Gasteiger partial charge in [0.2, 0.25) is 0 Å². The van der Waals surface area contributed by atoms with Gasteiger partial charge in [-0.2, -0.15) is 5.26 Å². The molecule has 0 amide bonds. The molecule has 0 saturated heterocycles. The Labute approximate surface area is 139 Å². The van der Waals surface area contributed by atoms with Crippen LogP contribution in [-0.4, -0.2) is 20.3 Å². The zero-order valence-corrected chi connectivity index (χ0v) is 13.4. The summed E-state index contributed by atoms with van der Waals surface area (Å²) < 4.78 is 1.73. The van der Waals surface area contributed by atoms with Crippen LogP contribution in [0.2, 0.25) is 0 Å². The third kappa shape index (κ3) is 2.86. The molecule has 1 N–H and O–H groups in total. The normalized spacial score (nSPS) is 10.7. The van der Waals surface area contributed by atoms with E-state index in [0.29, 0.717) is 29.6 Å². The minimum atomic E-state index is 0.0413. The molecule has 3 aromatic rings. The number of ketones is 1. The maximum atomic E-state index is 12.2. The number of carbonyl (C=O) groups excluding carboxylic acids is 1. The van der Waals surface area contributed by atoms with E-state index in [0.717, 1.165) is 11.4 Å². The molecule has 3 rings (SSSR count). The van der Waals surface area contributed by atoms with Crippen LogP contribution in [0.4, 0.5) is 0 Å².